The van der Waals surface area contributed by atoms with Crippen LogP contribution in [0.4, 0.5) is 10.5 Å². The van der Waals surface area contributed by atoms with Crippen LogP contribution in [0.2, 0.25) is 5.02 Å². The van der Waals surface area contributed by atoms with Crippen LogP contribution >= 0.6 is 11.6 Å². The van der Waals surface area contributed by atoms with E-state index < -0.39 is 6.03 Å². The predicted molar refractivity (Wildman–Crippen MR) is 115 cm³/mol. The van der Waals surface area contributed by atoms with E-state index in [4.69, 9.17) is 26.9 Å². The zero-order valence-corrected chi connectivity index (χ0v) is 16.9. The van der Waals surface area contributed by atoms with Gasteiger partial charge in [0.2, 0.25) is 0 Å². The molecule has 0 atom stereocenters. The minimum absolute atomic E-state index is 0.235. The van der Waals surface area contributed by atoms with Crippen molar-refractivity contribution in [3.63, 3.8) is 0 Å². The molecule has 0 saturated heterocycles. The molecular formula is C22H22ClN3O3. The van der Waals surface area contributed by atoms with Crippen molar-refractivity contribution in [1.29, 1.82) is 0 Å². The second kappa shape index (κ2) is 9.32. The Labute approximate surface area is 174 Å². The Kier molecular flexibility index (Phi) is 6.59. The first kappa shape index (κ1) is 20.5. The number of nitrogens with one attached hydrogen (secondary N) is 2. The molecule has 0 aliphatic carbocycles. The molecule has 0 unspecified atom stereocenters. The molecule has 0 heterocycles. The highest BCUT2D eigenvalue weighted by atomic mass is 35.5. The van der Waals surface area contributed by atoms with Gasteiger partial charge in [-0.2, -0.15) is 0 Å². The summed E-state index contributed by atoms with van der Waals surface area (Å²) in [5.41, 5.74) is 6.47. The van der Waals surface area contributed by atoms with E-state index in [-0.39, 0.29) is 6.61 Å². The average Bonchev–Trinajstić information content (AvgIpc) is 2.74. The van der Waals surface area contributed by atoms with Crippen molar-refractivity contribution in [3.05, 3.63) is 76.8 Å². The van der Waals surface area contributed by atoms with Crippen LogP contribution in [0.1, 0.15) is 11.1 Å². The number of halogens is 1. The van der Waals surface area contributed by atoms with E-state index in [9.17, 15) is 4.79 Å². The molecule has 3 rings (SSSR count). The molecule has 0 bridgehead atoms. The largest absolute Gasteiger partial charge is 0.497 e. The number of benzene rings is 3. The minimum atomic E-state index is -0.503. The lowest BCUT2D eigenvalue weighted by Gasteiger charge is -2.16. The zero-order valence-electron chi connectivity index (χ0n) is 16.2. The molecule has 0 aliphatic rings. The Bertz CT molecular complexity index is 1010. The summed E-state index contributed by atoms with van der Waals surface area (Å²) in [6.07, 6.45) is 0. The number of methoxy groups -OCH3 is 1. The van der Waals surface area contributed by atoms with E-state index in [2.05, 4.69) is 10.7 Å². The molecule has 6 nitrogen and oxygen atoms in total. The SMILES string of the molecule is COc1ccc(-c2ccc(Cl)c(OCc3c(C)cccc3NC(=O)NN)c2)cc1. The van der Waals surface area contributed by atoms with Gasteiger partial charge in [-0.15, -0.1) is 0 Å². The van der Waals surface area contributed by atoms with Crippen LogP contribution in [-0.2, 0) is 6.61 Å². The van der Waals surface area contributed by atoms with Gasteiger partial charge < -0.3 is 14.8 Å². The van der Waals surface area contributed by atoms with Gasteiger partial charge in [-0.3, -0.25) is 5.43 Å². The van der Waals surface area contributed by atoms with Gasteiger partial charge in [-0.05, 0) is 53.9 Å². The molecule has 29 heavy (non-hydrogen) atoms. The normalized spacial score (nSPS) is 10.3. The summed E-state index contributed by atoms with van der Waals surface area (Å²) < 4.78 is 11.2. The van der Waals surface area contributed by atoms with Crippen LogP contribution < -0.4 is 26.1 Å². The van der Waals surface area contributed by atoms with Crippen LogP contribution in [0.25, 0.3) is 11.1 Å². The van der Waals surface area contributed by atoms with Gasteiger partial charge in [0.1, 0.15) is 18.1 Å². The van der Waals surface area contributed by atoms with Crippen molar-refractivity contribution < 1.29 is 14.3 Å². The smallest absolute Gasteiger partial charge is 0.333 e. The highest BCUT2D eigenvalue weighted by Gasteiger charge is 2.11. The standard InChI is InChI=1S/C22H22ClN3O3/c1-14-4-3-5-20(25-22(27)26-24)18(14)13-29-21-12-16(8-11-19(21)23)15-6-9-17(28-2)10-7-15/h3-12H,13,24H2,1-2H3,(H2,25,26,27). The molecule has 0 saturated carbocycles. The molecule has 0 aromatic heterocycles. The Morgan fingerprint density at radius 2 is 1.79 bits per heavy atom. The molecule has 0 spiro atoms. The van der Waals surface area contributed by atoms with E-state index in [1.165, 1.54) is 0 Å². The topological polar surface area (TPSA) is 85.6 Å². The number of amides is 2. The van der Waals surface area contributed by atoms with Gasteiger partial charge in [0, 0.05) is 11.3 Å². The maximum absolute atomic E-state index is 11.6. The van der Waals surface area contributed by atoms with Crippen LogP contribution in [0, 0.1) is 6.92 Å². The maximum atomic E-state index is 11.6. The van der Waals surface area contributed by atoms with Crippen molar-refractivity contribution >= 4 is 23.3 Å². The van der Waals surface area contributed by atoms with E-state index in [1.807, 2.05) is 55.5 Å². The summed E-state index contributed by atoms with van der Waals surface area (Å²) >= 11 is 6.34. The fourth-order valence-electron chi connectivity index (χ4n) is 2.90. The Hall–Kier alpha value is -3.22. The maximum Gasteiger partial charge on any atom is 0.333 e. The second-order valence-corrected chi connectivity index (χ2v) is 6.77. The number of ether oxygens (including phenoxy) is 2. The molecule has 0 fully saturated rings. The van der Waals surface area contributed by atoms with Gasteiger partial charge in [0.25, 0.3) is 0 Å². The summed E-state index contributed by atoms with van der Waals surface area (Å²) in [5, 5.41) is 3.20. The van der Waals surface area contributed by atoms with Gasteiger partial charge in [0.05, 0.1) is 12.1 Å². The van der Waals surface area contributed by atoms with Crippen LogP contribution in [-0.4, -0.2) is 13.1 Å². The lowest BCUT2D eigenvalue weighted by molar-refractivity contribution is 0.252. The molecule has 3 aromatic carbocycles. The number of urea groups is 1. The summed E-state index contributed by atoms with van der Waals surface area (Å²) in [5.74, 6) is 6.51. The number of anilines is 1. The number of hydrogen-bond donors (Lipinski definition) is 3. The van der Waals surface area contributed by atoms with E-state index in [0.717, 1.165) is 28.0 Å². The zero-order chi connectivity index (χ0) is 20.8. The Morgan fingerprint density at radius 3 is 2.48 bits per heavy atom. The lowest BCUT2D eigenvalue weighted by Crippen LogP contribution is -2.34. The third kappa shape index (κ3) is 4.99. The predicted octanol–water partition coefficient (Wildman–Crippen LogP) is 4.90. The van der Waals surface area contributed by atoms with Crippen LogP contribution in [0.3, 0.4) is 0 Å². The number of carbonyl (C=O) groups excluding carboxylic acids is 1. The molecule has 2 amide bonds. The molecule has 0 aliphatic heterocycles. The van der Waals surface area contributed by atoms with Gasteiger partial charge in [-0.25, -0.2) is 10.6 Å². The molecule has 7 heteroatoms. The van der Waals surface area contributed by atoms with Crippen molar-refractivity contribution in [2.75, 3.05) is 12.4 Å². The van der Waals surface area contributed by atoms with E-state index in [0.29, 0.717) is 16.5 Å². The van der Waals surface area contributed by atoms with E-state index >= 15 is 0 Å². The summed E-state index contributed by atoms with van der Waals surface area (Å²) in [4.78, 5) is 11.6. The fourth-order valence-corrected chi connectivity index (χ4v) is 3.07. The highest BCUT2D eigenvalue weighted by molar-refractivity contribution is 6.32. The highest BCUT2D eigenvalue weighted by Crippen LogP contribution is 2.32. The molecule has 3 aromatic rings. The van der Waals surface area contributed by atoms with Crippen molar-refractivity contribution in [3.8, 4) is 22.6 Å². The summed E-state index contributed by atoms with van der Waals surface area (Å²) in [7, 11) is 1.63. The Morgan fingerprint density at radius 1 is 1.07 bits per heavy atom. The van der Waals surface area contributed by atoms with Crippen LogP contribution in [0.5, 0.6) is 11.5 Å². The second-order valence-electron chi connectivity index (χ2n) is 6.36. The molecule has 4 N–H and O–H groups in total. The molecule has 150 valence electrons. The van der Waals surface area contributed by atoms with Gasteiger partial charge in [0.15, 0.2) is 0 Å². The number of rotatable bonds is 6. The summed E-state index contributed by atoms with van der Waals surface area (Å²) in [6, 6.07) is 18.5. The third-order valence-electron chi connectivity index (χ3n) is 4.52. The number of nitrogens with two attached hydrogens (primary N) is 1. The van der Waals surface area contributed by atoms with Crippen molar-refractivity contribution in [1.82, 2.24) is 5.43 Å². The van der Waals surface area contributed by atoms with Gasteiger partial charge >= 0.3 is 6.03 Å². The Balaban J connectivity index is 1.83. The lowest BCUT2D eigenvalue weighted by atomic mass is 10.1. The minimum Gasteiger partial charge on any atom is -0.497 e. The van der Waals surface area contributed by atoms with E-state index in [1.54, 1.807) is 19.2 Å². The molecular weight excluding hydrogens is 390 g/mol. The van der Waals surface area contributed by atoms with Crippen molar-refractivity contribution in [2.45, 2.75) is 13.5 Å². The number of hydrazine groups is 1. The average molecular weight is 412 g/mol. The quantitative estimate of drug-likeness (QED) is 0.306. The monoisotopic (exact) mass is 411 g/mol. The number of hydrogen-bond acceptors (Lipinski definition) is 4. The first-order valence-electron chi connectivity index (χ1n) is 8.94. The third-order valence-corrected chi connectivity index (χ3v) is 4.83. The first-order valence-corrected chi connectivity index (χ1v) is 9.32. The summed E-state index contributed by atoms with van der Waals surface area (Å²) in [6.45, 7) is 2.18. The number of aryl methyl sites for hydroxylation is 1. The van der Waals surface area contributed by atoms with Crippen molar-refractivity contribution in [2.24, 2.45) is 5.84 Å². The van der Waals surface area contributed by atoms with Gasteiger partial charge in [-0.1, -0.05) is 41.9 Å². The van der Waals surface area contributed by atoms with Crippen LogP contribution in [0.15, 0.2) is 60.7 Å². The first-order chi connectivity index (χ1) is 14.0. The fraction of sp³-hybridized carbons (Fsp3) is 0.136. The number of carbonyl (C=O) groups is 1. The molecule has 0 radical (unpaired) electrons.